The monoisotopic (exact) mass is 589 g/mol. The molecule has 0 unspecified atom stereocenters. The van der Waals surface area contributed by atoms with Crippen LogP contribution in [0.1, 0.15) is 52.0 Å². The van der Waals surface area contributed by atoms with Crippen molar-refractivity contribution in [3.8, 4) is 0 Å². The zero-order chi connectivity index (χ0) is 27.8. The first-order valence-electron chi connectivity index (χ1n) is 12.1. The van der Waals surface area contributed by atoms with Crippen molar-refractivity contribution in [3.63, 3.8) is 0 Å². The van der Waals surface area contributed by atoms with Crippen LogP contribution in [0.25, 0.3) is 0 Å². The number of amides is 2. The number of carbonyl (C=O) groups excluding carboxylic acids is 2. The molecule has 1 N–H and O–H groups in total. The maximum absolute atomic E-state index is 13.5. The number of carbonyl (C=O) groups is 2. The normalized spacial score (nSPS) is 13.1. The van der Waals surface area contributed by atoms with Crippen LogP contribution < -0.4 is 9.62 Å². The molecule has 2 rings (SSSR count). The van der Waals surface area contributed by atoms with Gasteiger partial charge in [-0.05, 0) is 62.1 Å². The highest BCUT2D eigenvalue weighted by Crippen LogP contribution is 2.25. The largest absolute Gasteiger partial charge is 0.352 e. The molecule has 0 aliphatic heterocycles. The first-order chi connectivity index (χ1) is 17.4. The molecule has 0 bridgehead atoms. The Kier molecular flexibility index (Phi) is 12.0. The molecule has 0 aliphatic carbocycles. The van der Waals surface area contributed by atoms with Gasteiger partial charge in [0.2, 0.25) is 21.8 Å². The van der Waals surface area contributed by atoms with E-state index in [9.17, 15) is 18.0 Å². The number of benzene rings is 2. The molecule has 11 heteroatoms. The molecule has 0 saturated carbocycles. The third-order valence-electron chi connectivity index (χ3n) is 5.97. The van der Waals surface area contributed by atoms with Crippen LogP contribution in [0.3, 0.4) is 0 Å². The average molecular weight is 591 g/mol. The Morgan fingerprint density at radius 1 is 1.00 bits per heavy atom. The Bertz CT molecular complexity index is 1190. The number of anilines is 1. The van der Waals surface area contributed by atoms with Gasteiger partial charge in [0.15, 0.2) is 0 Å². The minimum atomic E-state index is -3.60. The number of hydrogen-bond acceptors (Lipinski definition) is 4. The van der Waals surface area contributed by atoms with Crippen LogP contribution in [0.4, 0.5) is 5.69 Å². The first kappa shape index (κ1) is 31.2. The van der Waals surface area contributed by atoms with Crippen molar-refractivity contribution in [2.24, 2.45) is 0 Å². The molecule has 204 valence electrons. The smallest absolute Gasteiger partial charge is 0.243 e. The summed E-state index contributed by atoms with van der Waals surface area (Å²) in [5.41, 5.74) is 1.16. The molecular weight excluding hydrogens is 557 g/mol. The van der Waals surface area contributed by atoms with Crippen LogP contribution in [0.2, 0.25) is 15.1 Å². The highest BCUT2D eigenvalue weighted by Gasteiger charge is 2.29. The van der Waals surface area contributed by atoms with Crippen molar-refractivity contribution in [2.45, 2.75) is 65.1 Å². The zero-order valence-electron chi connectivity index (χ0n) is 21.5. The number of nitrogens with zero attached hydrogens (tertiary/aromatic N) is 2. The van der Waals surface area contributed by atoms with Crippen LogP contribution in [0.5, 0.6) is 0 Å². The highest BCUT2D eigenvalue weighted by molar-refractivity contribution is 7.92. The van der Waals surface area contributed by atoms with E-state index < -0.39 is 16.1 Å². The summed E-state index contributed by atoms with van der Waals surface area (Å²) in [5.74, 6) is -0.501. The van der Waals surface area contributed by atoms with Gasteiger partial charge >= 0.3 is 0 Å². The summed E-state index contributed by atoms with van der Waals surface area (Å²) in [6.07, 6.45) is 2.57. The summed E-state index contributed by atoms with van der Waals surface area (Å²) in [6, 6.07) is 10.9. The van der Waals surface area contributed by atoms with E-state index in [2.05, 4.69) is 5.32 Å². The minimum absolute atomic E-state index is 0.0375. The van der Waals surface area contributed by atoms with E-state index in [4.69, 9.17) is 34.8 Å². The topological polar surface area (TPSA) is 86.8 Å². The van der Waals surface area contributed by atoms with Crippen molar-refractivity contribution < 1.29 is 18.0 Å². The lowest BCUT2D eigenvalue weighted by Gasteiger charge is -2.32. The SMILES string of the molecule is CC[C@@H](C)NC(=O)[C@@H](CC)N(Cc1ccc(Cl)c(Cl)c1)C(=O)CCCN(c1cccc(Cl)c1)S(C)(=O)=O. The number of halogens is 3. The molecule has 7 nitrogen and oxygen atoms in total. The van der Waals surface area contributed by atoms with E-state index >= 15 is 0 Å². The van der Waals surface area contributed by atoms with Gasteiger partial charge in [0.25, 0.3) is 0 Å². The molecule has 0 aromatic heterocycles. The maximum Gasteiger partial charge on any atom is 0.243 e. The first-order valence-corrected chi connectivity index (χ1v) is 15.1. The average Bonchev–Trinajstić information content (AvgIpc) is 2.82. The second-order valence-electron chi connectivity index (χ2n) is 8.93. The van der Waals surface area contributed by atoms with Crippen LogP contribution in [-0.4, -0.2) is 50.0 Å². The van der Waals surface area contributed by atoms with Gasteiger partial charge < -0.3 is 10.2 Å². The Morgan fingerprint density at radius 3 is 2.27 bits per heavy atom. The third kappa shape index (κ3) is 9.36. The zero-order valence-corrected chi connectivity index (χ0v) is 24.6. The van der Waals surface area contributed by atoms with Crippen molar-refractivity contribution in [3.05, 3.63) is 63.1 Å². The van der Waals surface area contributed by atoms with E-state index in [1.54, 1.807) is 42.5 Å². The fourth-order valence-electron chi connectivity index (χ4n) is 3.83. The van der Waals surface area contributed by atoms with Crippen molar-refractivity contribution in [1.82, 2.24) is 10.2 Å². The van der Waals surface area contributed by atoms with Crippen molar-refractivity contribution in [1.29, 1.82) is 0 Å². The Hall–Kier alpha value is -2.00. The molecule has 0 radical (unpaired) electrons. The summed E-state index contributed by atoms with van der Waals surface area (Å²) in [5, 5.41) is 4.12. The molecule has 2 aromatic carbocycles. The van der Waals surface area contributed by atoms with Gasteiger partial charge in [-0.15, -0.1) is 0 Å². The van der Waals surface area contributed by atoms with Gasteiger partial charge in [-0.3, -0.25) is 13.9 Å². The molecule has 0 saturated heterocycles. The minimum Gasteiger partial charge on any atom is -0.352 e. The van der Waals surface area contributed by atoms with Crippen LogP contribution >= 0.6 is 34.8 Å². The Balaban J connectivity index is 2.25. The molecule has 0 heterocycles. The molecule has 0 spiro atoms. The quantitative estimate of drug-likeness (QED) is 0.314. The van der Waals surface area contributed by atoms with Crippen molar-refractivity contribution >= 4 is 62.3 Å². The molecule has 2 atom stereocenters. The predicted molar refractivity (Wildman–Crippen MR) is 152 cm³/mol. The fraction of sp³-hybridized carbons (Fsp3) is 0.462. The standard InChI is InChI=1S/C26H34Cl3N3O4S/c1-5-18(3)30-26(34)24(6-2)31(17-19-12-13-22(28)23(29)15-19)25(33)11-8-14-32(37(4,35)36)21-10-7-9-20(27)16-21/h7,9-10,12-13,15-16,18,24H,5-6,8,11,14,17H2,1-4H3,(H,30,34)/t18-,24-/m1/s1. The van der Waals surface area contributed by atoms with E-state index in [-0.39, 0.29) is 43.8 Å². The lowest BCUT2D eigenvalue weighted by molar-refractivity contribution is -0.141. The summed E-state index contributed by atoms with van der Waals surface area (Å²) in [4.78, 5) is 28.1. The molecule has 2 aromatic rings. The maximum atomic E-state index is 13.5. The number of rotatable bonds is 13. The second kappa shape index (κ2) is 14.2. The summed E-state index contributed by atoms with van der Waals surface area (Å²) in [7, 11) is -3.60. The Morgan fingerprint density at radius 2 is 1.70 bits per heavy atom. The number of hydrogen-bond donors (Lipinski definition) is 1. The predicted octanol–water partition coefficient (Wildman–Crippen LogP) is 5.92. The highest BCUT2D eigenvalue weighted by atomic mass is 35.5. The number of nitrogens with one attached hydrogen (secondary N) is 1. The lowest BCUT2D eigenvalue weighted by atomic mass is 10.1. The van der Waals surface area contributed by atoms with Crippen LogP contribution in [-0.2, 0) is 26.2 Å². The third-order valence-corrected chi connectivity index (χ3v) is 8.14. The lowest BCUT2D eigenvalue weighted by Crippen LogP contribution is -2.50. The van der Waals surface area contributed by atoms with Gasteiger partial charge in [-0.25, -0.2) is 8.42 Å². The van der Waals surface area contributed by atoms with Gasteiger partial charge in [-0.2, -0.15) is 0 Å². The summed E-state index contributed by atoms with van der Waals surface area (Å²) in [6.45, 7) is 5.97. The van der Waals surface area contributed by atoms with Crippen molar-refractivity contribution in [2.75, 3.05) is 17.1 Å². The molecule has 37 heavy (non-hydrogen) atoms. The molecule has 0 aliphatic rings. The van der Waals surface area contributed by atoms with Gasteiger partial charge in [-0.1, -0.05) is 60.8 Å². The van der Waals surface area contributed by atoms with E-state index in [1.807, 2.05) is 20.8 Å². The summed E-state index contributed by atoms with van der Waals surface area (Å²) < 4.78 is 26.1. The fourth-order valence-corrected chi connectivity index (χ4v) is 5.29. The molecular formula is C26H34Cl3N3O4S. The summed E-state index contributed by atoms with van der Waals surface area (Å²) >= 11 is 18.3. The second-order valence-corrected chi connectivity index (χ2v) is 12.1. The van der Waals surface area contributed by atoms with Gasteiger partial charge in [0, 0.05) is 30.6 Å². The van der Waals surface area contributed by atoms with Crippen LogP contribution in [0.15, 0.2) is 42.5 Å². The number of sulfonamides is 1. The van der Waals surface area contributed by atoms with E-state index in [0.717, 1.165) is 18.2 Å². The van der Waals surface area contributed by atoms with Gasteiger partial charge in [0.1, 0.15) is 6.04 Å². The Labute approximate surface area is 235 Å². The molecule has 0 fully saturated rings. The van der Waals surface area contributed by atoms with Gasteiger partial charge in [0.05, 0.1) is 22.0 Å². The van der Waals surface area contributed by atoms with E-state index in [1.165, 1.54) is 9.21 Å². The molecule has 2 amide bonds. The van der Waals surface area contributed by atoms with E-state index in [0.29, 0.717) is 27.2 Å². The van der Waals surface area contributed by atoms with Crippen LogP contribution in [0, 0.1) is 0 Å².